The molecule has 1 aliphatic heterocycles. The molecule has 2 aromatic rings. The lowest BCUT2D eigenvalue weighted by atomic mass is 10.1. The average Bonchev–Trinajstić information content (AvgIpc) is 2.81. The van der Waals surface area contributed by atoms with E-state index in [-0.39, 0.29) is 21.2 Å². The van der Waals surface area contributed by atoms with Crippen LogP contribution in [0.4, 0.5) is 0 Å². The van der Waals surface area contributed by atoms with E-state index in [0.29, 0.717) is 0 Å². The van der Waals surface area contributed by atoms with Crippen LogP contribution < -0.4 is 0 Å². The third kappa shape index (κ3) is 3.38. The van der Waals surface area contributed by atoms with Crippen molar-refractivity contribution in [3.8, 4) is 0 Å². The zero-order chi connectivity index (χ0) is 18.1. The minimum absolute atomic E-state index is 0.128. The standard InChI is InChI=1S/C18H13Cl2NO4/c1-10(11-5-3-2-4-6-11)25-16(22)9-21-17(23)12-7-14(19)15(20)8-13(12)18(21)24/h2-8,10H,9H2,1H3/t10-/m0/s1. The molecule has 1 atom stereocenters. The number of ether oxygens (including phenoxy) is 1. The monoisotopic (exact) mass is 377 g/mol. The Morgan fingerprint density at radius 3 is 2.08 bits per heavy atom. The highest BCUT2D eigenvalue weighted by Gasteiger charge is 2.38. The van der Waals surface area contributed by atoms with Gasteiger partial charge in [0.05, 0.1) is 21.2 Å². The second-order valence-electron chi connectivity index (χ2n) is 5.55. The van der Waals surface area contributed by atoms with Crippen molar-refractivity contribution in [1.82, 2.24) is 4.90 Å². The molecule has 0 aliphatic carbocycles. The average molecular weight is 378 g/mol. The predicted octanol–water partition coefficient (Wildman–Crippen LogP) is 3.89. The van der Waals surface area contributed by atoms with E-state index in [1.165, 1.54) is 12.1 Å². The van der Waals surface area contributed by atoms with Crippen LogP contribution in [0.3, 0.4) is 0 Å². The van der Waals surface area contributed by atoms with E-state index in [1.54, 1.807) is 6.92 Å². The molecule has 1 heterocycles. The summed E-state index contributed by atoms with van der Waals surface area (Å²) < 4.78 is 5.30. The number of esters is 1. The Bertz CT molecular complexity index is 826. The number of amides is 2. The Hall–Kier alpha value is -2.37. The summed E-state index contributed by atoms with van der Waals surface area (Å²) >= 11 is 11.8. The third-order valence-electron chi connectivity index (χ3n) is 3.88. The fourth-order valence-corrected chi connectivity index (χ4v) is 2.91. The Morgan fingerprint density at radius 1 is 1.04 bits per heavy atom. The summed E-state index contributed by atoms with van der Waals surface area (Å²) in [5.41, 5.74) is 1.07. The molecular formula is C18H13Cl2NO4. The molecule has 0 fully saturated rings. The summed E-state index contributed by atoms with van der Waals surface area (Å²) in [5, 5.41) is 0.340. The number of nitrogens with zero attached hydrogens (tertiary/aromatic N) is 1. The maximum atomic E-state index is 12.4. The smallest absolute Gasteiger partial charge is 0.326 e. The molecule has 3 rings (SSSR count). The van der Waals surface area contributed by atoms with E-state index < -0.39 is 30.4 Å². The van der Waals surface area contributed by atoms with Crippen molar-refractivity contribution in [2.45, 2.75) is 13.0 Å². The molecule has 5 nitrogen and oxygen atoms in total. The molecule has 0 saturated carbocycles. The molecule has 0 radical (unpaired) electrons. The van der Waals surface area contributed by atoms with Gasteiger partial charge in [-0.3, -0.25) is 19.3 Å². The van der Waals surface area contributed by atoms with Gasteiger partial charge in [-0.2, -0.15) is 0 Å². The van der Waals surface area contributed by atoms with E-state index in [1.807, 2.05) is 30.3 Å². The Balaban J connectivity index is 1.72. The number of carbonyl (C=O) groups excluding carboxylic acids is 3. The van der Waals surface area contributed by atoms with E-state index >= 15 is 0 Å². The van der Waals surface area contributed by atoms with Crippen molar-refractivity contribution in [3.63, 3.8) is 0 Å². The van der Waals surface area contributed by atoms with Gasteiger partial charge in [0.2, 0.25) is 0 Å². The maximum Gasteiger partial charge on any atom is 0.326 e. The second-order valence-corrected chi connectivity index (χ2v) is 6.37. The van der Waals surface area contributed by atoms with Crippen LogP contribution in [-0.2, 0) is 9.53 Å². The third-order valence-corrected chi connectivity index (χ3v) is 4.60. The van der Waals surface area contributed by atoms with E-state index in [9.17, 15) is 14.4 Å². The van der Waals surface area contributed by atoms with Crippen LogP contribution in [0.15, 0.2) is 42.5 Å². The summed E-state index contributed by atoms with van der Waals surface area (Å²) in [6.07, 6.45) is -0.493. The molecule has 25 heavy (non-hydrogen) atoms. The van der Waals surface area contributed by atoms with Crippen molar-refractivity contribution >= 4 is 41.0 Å². The largest absolute Gasteiger partial charge is 0.456 e. The number of imide groups is 1. The van der Waals surface area contributed by atoms with Gasteiger partial charge >= 0.3 is 5.97 Å². The molecular weight excluding hydrogens is 365 g/mol. The lowest BCUT2D eigenvalue weighted by Gasteiger charge is -2.17. The minimum atomic E-state index is -0.678. The molecule has 0 unspecified atom stereocenters. The molecule has 0 N–H and O–H groups in total. The summed E-state index contributed by atoms with van der Waals surface area (Å²) in [7, 11) is 0. The number of fused-ring (bicyclic) bond motifs is 1. The van der Waals surface area contributed by atoms with Crippen LogP contribution in [-0.4, -0.2) is 29.2 Å². The van der Waals surface area contributed by atoms with E-state index in [2.05, 4.69) is 0 Å². The Kier molecular flexibility index (Phi) is 4.79. The molecule has 1 aliphatic rings. The summed E-state index contributed by atoms with van der Waals surface area (Å²) in [5.74, 6) is -1.87. The predicted molar refractivity (Wildman–Crippen MR) is 92.8 cm³/mol. The van der Waals surface area contributed by atoms with Crippen LogP contribution in [0.1, 0.15) is 39.3 Å². The van der Waals surface area contributed by atoms with Gasteiger partial charge in [-0.25, -0.2) is 0 Å². The number of carbonyl (C=O) groups is 3. The van der Waals surface area contributed by atoms with Crippen molar-refractivity contribution in [1.29, 1.82) is 0 Å². The fraction of sp³-hybridized carbons (Fsp3) is 0.167. The zero-order valence-electron chi connectivity index (χ0n) is 13.2. The molecule has 0 spiro atoms. The molecule has 0 bridgehead atoms. The van der Waals surface area contributed by atoms with Crippen molar-refractivity contribution in [2.24, 2.45) is 0 Å². The number of benzene rings is 2. The molecule has 2 amide bonds. The first-order valence-corrected chi connectivity index (χ1v) is 8.23. The molecule has 0 saturated heterocycles. The van der Waals surface area contributed by atoms with Gasteiger partial charge in [-0.1, -0.05) is 53.5 Å². The van der Waals surface area contributed by atoms with E-state index in [0.717, 1.165) is 10.5 Å². The Morgan fingerprint density at radius 2 is 1.56 bits per heavy atom. The van der Waals surface area contributed by atoms with Crippen molar-refractivity contribution < 1.29 is 19.1 Å². The fourth-order valence-electron chi connectivity index (χ4n) is 2.58. The maximum absolute atomic E-state index is 12.4. The van der Waals surface area contributed by atoms with Gasteiger partial charge < -0.3 is 4.74 Å². The quantitative estimate of drug-likeness (QED) is 0.598. The molecule has 2 aromatic carbocycles. The van der Waals surface area contributed by atoms with Crippen molar-refractivity contribution in [2.75, 3.05) is 6.54 Å². The topological polar surface area (TPSA) is 63.7 Å². The number of rotatable bonds is 4. The first-order chi connectivity index (χ1) is 11.9. The number of halogens is 2. The van der Waals surface area contributed by atoms with Gasteiger partial charge in [0.25, 0.3) is 11.8 Å². The van der Waals surface area contributed by atoms with Crippen molar-refractivity contribution in [3.05, 3.63) is 69.2 Å². The SMILES string of the molecule is C[C@H](OC(=O)CN1C(=O)c2cc(Cl)c(Cl)cc2C1=O)c1ccccc1. The van der Waals surface area contributed by atoms with Crippen LogP contribution in [0, 0.1) is 0 Å². The summed E-state index contributed by atoms with van der Waals surface area (Å²) in [6.45, 7) is 1.24. The summed E-state index contributed by atoms with van der Waals surface area (Å²) in [4.78, 5) is 37.7. The first-order valence-electron chi connectivity index (χ1n) is 7.48. The second kappa shape index (κ2) is 6.86. The number of hydrogen-bond acceptors (Lipinski definition) is 4. The molecule has 0 aromatic heterocycles. The highest BCUT2D eigenvalue weighted by atomic mass is 35.5. The number of hydrogen-bond donors (Lipinski definition) is 0. The van der Waals surface area contributed by atoms with Gasteiger partial charge in [0, 0.05) is 0 Å². The molecule has 7 heteroatoms. The lowest BCUT2D eigenvalue weighted by molar-refractivity contribution is -0.148. The highest BCUT2D eigenvalue weighted by Crippen LogP contribution is 2.31. The zero-order valence-corrected chi connectivity index (χ0v) is 14.7. The van der Waals surface area contributed by atoms with Crippen LogP contribution in [0.5, 0.6) is 0 Å². The minimum Gasteiger partial charge on any atom is -0.456 e. The highest BCUT2D eigenvalue weighted by molar-refractivity contribution is 6.43. The van der Waals surface area contributed by atoms with Gasteiger partial charge in [-0.15, -0.1) is 0 Å². The van der Waals surface area contributed by atoms with Gasteiger partial charge in [0.1, 0.15) is 12.6 Å². The first kappa shape index (κ1) is 17.5. The molecule has 128 valence electrons. The van der Waals surface area contributed by atoms with Gasteiger partial charge in [-0.05, 0) is 24.6 Å². The van der Waals surface area contributed by atoms with E-state index in [4.69, 9.17) is 27.9 Å². The van der Waals surface area contributed by atoms with Crippen LogP contribution in [0.2, 0.25) is 10.0 Å². The van der Waals surface area contributed by atoms with Gasteiger partial charge in [0.15, 0.2) is 0 Å². The normalized spacial score (nSPS) is 14.4. The van der Waals surface area contributed by atoms with Crippen LogP contribution in [0.25, 0.3) is 0 Å². The Labute approximate surface area is 154 Å². The van der Waals surface area contributed by atoms with Crippen LogP contribution >= 0.6 is 23.2 Å². The lowest BCUT2D eigenvalue weighted by Crippen LogP contribution is -2.36. The summed E-state index contributed by atoms with van der Waals surface area (Å²) in [6, 6.07) is 11.8.